The molecule has 1 saturated heterocycles. The first-order valence-electron chi connectivity index (χ1n) is 9.67. The number of hydrogen-bond donors (Lipinski definition) is 0. The van der Waals surface area contributed by atoms with Crippen molar-refractivity contribution in [3.8, 4) is 0 Å². The second-order valence-electron chi connectivity index (χ2n) is 9.52. The predicted molar refractivity (Wildman–Crippen MR) is 104 cm³/mol. The minimum Gasteiger partial charge on any atom is -0.369 e. The smallest absolute Gasteiger partial charge is 0.171 e. The molecule has 0 aliphatic carbocycles. The lowest BCUT2D eigenvalue weighted by atomic mass is 9.96. The van der Waals surface area contributed by atoms with Crippen LogP contribution in [0.3, 0.4) is 0 Å². The van der Waals surface area contributed by atoms with Gasteiger partial charge in [-0.2, -0.15) is 0 Å². The van der Waals surface area contributed by atoms with Crippen LogP contribution in [0.4, 0.5) is 0 Å². The second-order valence-corrected chi connectivity index (χ2v) is 9.52. The van der Waals surface area contributed by atoms with Gasteiger partial charge in [-0.25, -0.2) is 4.57 Å². The fourth-order valence-electron chi connectivity index (χ4n) is 3.23. The Morgan fingerprint density at radius 2 is 1.48 bits per heavy atom. The average molecular weight is 349 g/mol. The molecule has 0 spiro atoms. The standard InChI is InChI=1S/C21H38N3O/c1-20(2,3)18-24-13-11-23(12-14-24)17-19-7-9-22(10-8-19)15-16-25-21(4,5)6/h7-10H,11-18H2,1-6H3/q+1. The van der Waals surface area contributed by atoms with Crippen LogP contribution in [0.25, 0.3) is 0 Å². The number of nitrogens with zero attached hydrogens (tertiary/aromatic N) is 3. The Hall–Kier alpha value is -0.970. The lowest BCUT2D eigenvalue weighted by molar-refractivity contribution is -0.699. The fourth-order valence-corrected chi connectivity index (χ4v) is 3.23. The lowest BCUT2D eigenvalue weighted by Crippen LogP contribution is -2.48. The summed E-state index contributed by atoms with van der Waals surface area (Å²) in [6, 6.07) is 4.50. The highest BCUT2D eigenvalue weighted by atomic mass is 16.5. The molecular weight excluding hydrogens is 310 g/mol. The summed E-state index contributed by atoms with van der Waals surface area (Å²) >= 11 is 0. The maximum Gasteiger partial charge on any atom is 0.171 e. The second kappa shape index (κ2) is 8.61. The van der Waals surface area contributed by atoms with E-state index in [1.807, 2.05) is 0 Å². The molecule has 4 heteroatoms. The molecule has 0 saturated carbocycles. The maximum atomic E-state index is 5.80. The van der Waals surface area contributed by atoms with Gasteiger partial charge in [0.05, 0.1) is 5.60 Å². The molecule has 142 valence electrons. The van der Waals surface area contributed by atoms with Gasteiger partial charge in [0.25, 0.3) is 0 Å². The first-order valence-corrected chi connectivity index (χ1v) is 9.67. The predicted octanol–water partition coefficient (Wildman–Crippen LogP) is 2.95. The molecule has 2 rings (SSSR count). The van der Waals surface area contributed by atoms with Crippen LogP contribution in [0.15, 0.2) is 24.5 Å². The van der Waals surface area contributed by atoms with Crippen LogP contribution in [-0.2, 0) is 17.8 Å². The van der Waals surface area contributed by atoms with E-state index in [0.717, 1.165) is 19.7 Å². The highest BCUT2D eigenvalue weighted by Crippen LogP contribution is 2.17. The van der Waals surface area contributed by atoms with Crippen LogP contribution in [0.1, 0.15) is 47.1 Å². The Balaban J connectivity index is 1.73. The summed E-state index contributed by atoms with van der Waals surface area (Å²) in [4.78, 5) is 5.17. The largest absolute Gasteiger partial charge is 0.369 e. The minimum atomic E-state index is -0.0599. The van der Waals surface area contributed by atoms with Gasteiger partial charge < -0.3 is 9.64 Å². The van der Waals surface area contributed by atoms with E-state index in [1.165, 1.54) is 38.3 Å². The summed E-state index contributed by atoms with van der Waals surface area (Å²) in [5.41, 5.74) is 1.74. The SMILES string of the molecule is CC(C)(C)CN1CCN(Cc2cc[n+](CCOC(C)(C)C)cc2)CC1. The Morgan fingerprint density at radius 3 is 2.00 bits per heavy atom. The molecule has 1 fully saturated rings. The monoisotopic (exact) mass is 348 g/mol. The van der Waals surface area contributed by atoms with Crippen LogP contribution in [-0.4, -0.2) is 54.7 Å². The average Bonchev–Trinajstić information content (AvgIpc) is 2.48. The Kier molecular flexibility index (Phi) is 7.01. The van der Waals surface area contributed by atoms with Crippen LogP contribution in [0, 0.1) is 5.41 Å². The third kappa shape index (κ3) is 8.30. The summed E-state index contributed by atoms with van der Waals surface area (Å²) in [5, 5.41) is 0. The number of hydrogen-bond acceptors (Lipinski definition) is 3. The van der Waals surface area contributed by atoms with Crippen LogP contribution in [0.5, 0.6) is 0 Å². The highest BCUT2D eigenvalue weighted by molar-refractivity contribution is 5.07. The zero-order valence-electron chi connectivity index (χ0n) is 17.2. The molecule has 0 radical (unpaired) electrons. The molecule has 0 atom stereocenters. The first kappa shape index (κ1) is 20.3. The molecule has 2 heterocycles. The molecule has 1 aromatic heterocycles. The quantitative estimate of drug-likeness (QED) is 0.737. The van der Waals surface area contributed by atoms with E-state index in [4.69, 9.17) is 4.74 Å². The molecule has 1 aromatic rings. The van der Waals surface area contributed by atoms with Crippen molar-refractivity contribution in [2.24, 2.45) is 5.41 Å². The van der Waals surface area contributed by atoms with Gasteiger partial charge in [-0.05, 0) is 31.7 Å². The van der Waals surface area contributed by atoms with Gasteiger partial charge in [0, 0.05) is 51.4 Å². The van der Waals surface area contributed by atoms with E-state index in [9.17, 15) is 0 Å². The van der Waals surface area contributed by atoms with Crippen LogP contribution in [0.2, 0.25) is 0 Å². The molecule has 1 aliphatic rings. The van der Waals surface area contributed by atoms with Gasteiger partial charge in [0.2, 0.25) is 0 Å². The number of aromatic nitrogens is 1. The number of pyridine rings is 1. The number of ether oxygens (including phenoxy) is 1. The summed E-state index contributed by atoms with van der Waals surface area (Å²) < 4.78 is 8.00. The maximum absolute atomic E-state index is 5.80. The van der Waals surface area contributed by atoms with Gasteiger partial charge >= 0.3 is 0 Å². The summed E-state index contributed by atoms with van der Waals surface area (Å²) in [6.07, 6.45) is 4.36. The molecule has 0 unspecified atom stereocenters. The van der Waals surface area contributed by atoms with Crippen molar-refractivity contribution in [1.29, 1.82) is 0 Å². The van der Waals surface area contributed by atoms with E-state index >= 15 is 0 Å². The van der Waals surface area contributed by atoms with E-state index in [0.29, 0.717) is 5.41 Å². The molecule has 0 N–H and O–H groups in total. The van der Waals surface area contributed by atoms with E-state index < -0.39 is 0 Å². The molecular formula is C21H38N3O+. The van der Waals surface area contributed by atoms with Crippen molar-refractivity contribution in [3.05, 3.63) is 30.1 Å². The van der Waals surface area contributed by atoms with E-state index in [1.54, 1.807) is 0 Å². The topological polar surface area (TPSA) is 19.6 Å². The zero-order chi connectivity index (χ0) is 18.5. The fraction of sp³-hybridized carbons (Fsp3) is 0.762. The van der Waals surface area contributed by atoms with Gasteiger partial charge in [0.15, 0.2) is 18.9 Å². The molecule has 1 aliphatic heterocycles. The summed E-state index contributed by atoms with van der Waals surface area (Å²) in [6.45, 7) is 21.9. The van der Waals surface area contributed by atoms with E-state index in [2.05, 4.69) is 80.4 Å². The third-order valence-electron chi connectivity index (χ3n) is 4.41. The summed E-state index contributed by atoms with van der Waals surface area (Å²) in [7, 11) is 0. The Labute approximate surface area is 154 Å². The van der Waals surface area contributed by atoms with Crippen molar-refractivity contribution >= 4 is 0 Å². The van der Waals surface area contributed by atoms with Crippen molar-refractivity contribution in [2.45, 2.75) is 60.2 Å². The third-order valence-corrected chi connectivity index (χ3v) is 4.41. The lowest BCUT2D eigenvalue weighted by Gasteiger charge is -2.37. The normalized spacial score (nSPS) is 17.8. The van der Waals surface area contributed by atoms with Crippen molar-refractivity contribution < 1.29 is 9.30 Å². The van der Waals surface area contributed by atoms with Gasteiger partial charge in [-0.3, -0.25) is 4.90 Å². The zero-order valence-corrected chi connectivity index (χ0v) is 17.2. The van der Waals surface area contributed by atoms with Crippen LogP contribution < -0.4 is 4.57 Å². The van der Waals surface area contributed by atoms with Gasteiger partial charge in [-0.1, -0.05) is 20.8 Å². The number of rotatable bonds is 6. The number of piperazine rings is 1. The van der Waals surface area contributed by atoms with Crippen molar-refractivity contribution in [1.82, 2.24) is 9.80 Å². The molecule has 0 aromatic carbocycles. The van der Waals surface area contributed by atoms with Crippen molar-refractivity contribution in [3.63, 3.8) is 0 Å². The Bertz CT molecular complexity index is 505. The van der Waals surface area contributed by atoms with Crippen molar-refractivity contribution in [2.75, 3.05) is 39.3 Å². The molecule has 4 nitrogen and oxygen atoms in total. The highest BCUT2D eigenvalue weighted by Gasteiger charge is 2.21. The van der Waals surface area contributed by atoms with Gasteiger partial charge in [0.1, 0.15) is 6.61 Å². The molecule has 0 bridgehead atoms. The van der Waals surface area contributed by atoms with Crippen LogP contribution >= 0.6 is 0 Å². The molecule has 25 heavy (non-hydrogen) atoms. The Morgan fingerprint density at radius 1 is 0.920 bits per heavy atom. The molecule has 0 amide bonds. The van der Waals surface area contributed by atoms with Gasteiger partial charge in [-0.15, -0.1) is 0 Å². The van der Waals surface area contributed by atoms with E-state index in [-0.39, 0.29) is 5.60 Å². The summed E-state index contributed by atoms with van der Waals surface area (Å²) in [5.74, 6) is 0. The first-order chi connectivity index (χ1) is 11.6. The minimum absolute atomic E-state index is 0.0599.